The standard InChI is InChI=1S/C20H24N2O4/c1-2-18(24)21-15-7-8-17(23)16(11-15)19(25)22-9-10-26-20(12-22,13-3-4-13)14-5-6-14/h2,7-8,11,13-14,23H,1,3-6,9-10,12H2,(H,21,24). The maximum Gasteiger partial charge on any atom is 0.257 e. The summed E-state index contributed by atoms with van der Waals surface area (Å²) in [4.78, 5) is 26.4. The van der Waals surface area contributed by atoms with Crippen molar-refractivity contribution in [3.63, 3.8) is 0 Å². The fourth-order valence-corrected chi connectivity index (χ4v) is 4.06. The Morgan fingerprint density at radius 1 is 1.27 bits per heavy atom. The summed E-state index contributed by atoms with van der Waals surface area (Å²) in [7, 11) is 0. The van der Waals surface area contributed by atoms with Crippen LogP contribution < -0.4 is 5.32 Å². The quantitative estimate of drug-likeness (QED) is 0.628. The van der Waals surface area contributed by atoms with Gasteiger partial charge in [0.05, 0.1) is 24.3 Å². The molecule has 0 radical (unpaired) electrons. The topological polar surface area (TPSA) is 78.9 Å². The molecule has 0 aromatic heterocycles. The average molecular weight is 356 g/mol. The van der Waals surface area contributed by atoms with Crippen molar-refractivity contribution in [2.45, 2.75) is 31.3 Å². The molecule has 6 nitrogen and oxygen atoms in total. The van der Waals surface area contributed by atoms with Crippen molar-refractivity contribution >= 4 is 17.5 Å². The van der Waals surface area contributed by atoms with Gasteiger partial charge in [-0.3, -0.25) is 9.59 Å². The van der Waals surface area contributed by atoms with Crippen LogP contribution in [0.2, 0.25) is 0 Å². The maximum atomic E-state index is 13.1. The number of hydrogen-bond acceptors (Lipinski definition) is 4. The van der Waals surface area contributed by atoms with Crippen LogP contribution in [0.4, 0.5) is 5.69 Å². The van der Waals surface area contributed by atoms with Crippen LogP contribution in [0.15, 0.2) is 30.9 Å². The fourth-order valence-electron chi connectivity index (χ4n) is 4.06. The summed E-state index contributed by atoms with van der Waals surface area (Å²) >= 11 is 0. The summed E-state index contributed by atoms with van der Waals surface area (Å²) < 4.78 is 6.23. The Balaban J connectivity index is 1.56. The minimum absolute atomic E-state index is 0.0819. The first kappa shape index (κ1) is 17.1. The zero-order chi connectivity index (χ0) is 18.3. The summed E-state index contributed by atoms with van der Waals surface area (Å²) in [5, 5.41) is 12.8. The predicted octanol–water partition coefficient (Wildman–Crippen LogP) is 2.55. The fraction of sp³-hybridized carbons (Fsp3) is 0.500. The molecular formula is C20H24N2O4. The Labute approximate surface area is 152 Å². The van der Waals surface area contributed by atoms with Crippen molar-refractivity contribution < 1.29 is 19.4 Å². The van der Waals surface area contributed by atoms with Gasteiger partial charge in [-0.15, -0.1) is 0 Å². The molecule has 1 aliphatic heterocycles. The molecule has 2 N–H and O–H groups in total. The number of rotatable bonds is 5. The highest BCUT2D eigenvalue weighted by Crippen LogP contribution is 2.55. The number of benzene rings is 1. The number of morpholine rings is 1. The number of ether oxygens (including phenoxy) is 1. The molecule has 2 aliphatic carbocycles. The van der Waals surface area contributed by atoms with Gasteiger partial charge in [-0.05, 0) is 61.8 Å². The monoisotopic (exact) mass is 356 g/mol. The van der Waals surface area contributed by atoms with Crippen LogP contribution in [0.25, 0.3) is 0 Å². The minimum Gasteiger partial charge on any atom is -0.507 e. The average Bonchev–Trinajstić information content (AvgIpc) is 3.54. The normalized spacial score (nSPS) is 21.9. The van der Waals surface area contributed by atoms with Gasteiger partial charge in [0.2, 0.25) is 5.91 Å². The number of carbonyl (C=O) groups is 2. The number of phenols is 1. The molecule has 3 fully saturated rings. The van der Waals surface area contributed by atoms with Gasteiger partial charge in [0.1, 0.15) is 5.75 Å². The highest BCUT2D eigenvalue weighted by Gasteiger charge is 2.57. The Kier molecular flexibility index (Phi) is 4.23. The lowest BCUT2D eigenvalue weighted by Crippen LogP contribution is -2.56. The molecule has 0 spiro atoms. The van der Waals surface area contributed by atoms with Crippen LogP contribution in [0.5, 0.6) is 5.75 Å². The number of carbonyl (C=O) groups excluding carboxylic acids is 2. The van der Waals surface area contributed by atoms with Gasteiger partial charge in [0.25, 0.3) is 5.91 Å². The number of phenolic OH excluding ortho intramolecular Hbond substituents is 1. The second-order valence-corrected chi connectivity index (χ2v) is 7.50. The first-order valence-electron chi connectivity index (χ1n) is 9.23. The SMILES string of the molecule is C=CC(=O)Nc1ccc(O)c(C(=O)N2CCOC(C3CC3)(C3CC3)C2)c1. The van der Waals surface area contributed by atoms with E-state index in [4.69, 9.17) is 4.74 Å². The van der Waals surface area contributed by atoms with E-state index in [2.05, 4.69) is 11.9 Å². The van der Waals surface area contributed by atoms with Crippen molar-refractivity contribution in [2.75, 3.05) is 25.0 Å². The Morgan fingerprint density at radius 3 is 2.58 bits per heavy atom. The van der Waals surface area contributed by atoms with E-state index in [1.807, 2.05) is 0 Å². The van der Waals surface area contributed by atoms with E-state index in [0.717, 1.165) is 6.08 Å². The highest BCUT2D eigenvalue weighted by atomic mass is 16.5. The van der Waals surface area contributed by atoms with Gasteiger partial charge in [-0.1, -0.05) is 6.58 Å². The van der Waals surface area contributed by atoms with Crippen molar-refractivity contribution in [3.8, 4) is 5.75 Å². The van der Waals surface area contributed by atoms with Crippen LogP contribution in [-0.2, 0) is 9.53 Å². The van der Waals surface area contributed by atoms with Crippen molar-refractivity contribution in [2.24, 2.45) is 11.8 Å². The molecule has 26 heavy (non-hydrogen) atoms. The molecule has 1 saturated heterocycles. The number of nitrogens with zero attached hydrogens (tertiary/aromatic N) is 1. The maximum absolute atomic E-state index is 13.1. The third-order valence-electron chi connectivity index (χ3n) is 5.67. The lowest BCUT2D eigenvalue weighted by atomic mass is 9.89. The van der Waals surface area contributed by atoms with Crippen LogP contribution in [0.3, 0.4) is 0 Å². The number of anilines is 1. The van der Waals surface area contributed by atoms with E-state index in [9.17, 15) is 14.7 Å². The van der Waals surface area contributed by atoms with Crippen LogP contribution >= 0.6 is 0 Å². The number of aromatic hydroxyl groups is 1. The zero-order valence-electron chi connectivity index (χ0n) is 14.7. The molecule has 3 aliphatic rings. The van der Waals surface area contributed by atoms with Crippen LogP contribution in [-0.4, -0.2) is 47.1 Å². The first-order chi connectivity index (χ1) is 12.5. The largest absolute Gasteiger partial charge is 0.507 e. The summed E-state index contributed by atoms with van der Waals surface area (Å²) in [5.74, 6) is 0.449. The van der Waals surface area contributed by atoms with E-state index in [1.54, 1.807) is 11.0 Å². The molecule has 1 aromatic carbocycles. The van der Waals surface area contributed by atoms with Crippen molar-refractivity contribution in [1.29, 1.82) is 0 Å². The van der Waals surface area contributed by atoms with Gasteiger partial charge in [-0.2, -0.15) is 0 Å². The molecular weight excluding hydrogens is 332 g/mol. The van der Waals surface area contributed by atoms with Gasteiger partial charge in [0, 0.05) is 12.2 Å². The van der Waals surface area contributed by atoms with E-state index in [-0.39, 0.29) is 28.7 Å². The van der Waals surface area contributed by atoms with Gasteiger partial charge in [-0.25, -0.2) is 0 Å². The molecule has 138 valence electrons. The molecule has 6 heteroatoms. The molecule has 0 unspecified atom stereocenters. The molecule has 1 aromatic rings. The molecule has 2 amide bonds. The van der Waals surface area contributed by atoms with E-state index in [1.165, 1.54) is 37.8 Å². The molecule has 4 rings (SSSR count). The second-order valence-electron chi connectivity index (χ2n) is 7.50. The smallest absolute Gasteiger partial charge is 0.257 e. The first-order valence-corrected chi connectivity index (χ1v) is 9.23. The molecule has 0 bridgehead atoms. The van der Waals surface area contributed by atoms with Crippen LogP contribution in [0.1, 0.15) is 36.0 Å². The summed E-state index contributed by atoms with van der Waals surface area (Å²) in [6.07, 6.45) is 5.86. The molecule has 2 saturated carbocycles. The molecule has 1 heterocycles. The third kappa shape index (κ3) is 3.09. The van der Waals surface area contributed by atoms with Gasteiger partial charge >= 0.3 is 0 Å². The third-order valence-corrected chi connectivity index (χ3v) is 5.67. The lowest BCUT2D eigenvalue weighted by Gasteiger charge is -2.44. The molecule has 0 atom stereocenters. The Bertz CT molecular complexity index is 740. The van der Waals surface area contributed by atoms with E-state index < -0.39 is 0 Å². The minimum atomic E-state index is -0.359. The van der Waals surface area contributed by atoms with Gasteiger partial charge < -0.3 is 20.1 Å². The second kappa shape index (κ2) is 6.43. The lowest BCUT2D eigenvalue weighted by molar-refractivity contribution is -0.126. The predicted molar refractivity (Wildman–Crippen MR) is 97.0 cm³/mol. The van der Waals surface area contributed by atoms with Crippen LogP contribution in [0, 0.1) is 11.8 Å². The van der Waals surface area contributed by atoms with E-state index >= 15 is 0 Å². The summed E-state index contributed by atoms with van der Waals surface area (Å²) in [6, 6.07) is 4.51. The van der Waals surface area contributed by atoms with Crippen molar-refractivity contribution in [3.05, 3.63) is 36.4 Å². The summed E-state index contributed by atoms with van der Waals surface area (Å²) in [5.41, 5.74) is 0.465. The number of nitrogens with one attached hydrogen (secondary N) is 1. The Hall–Kier alpha value is -2.34. The number of amides is 2. The van der Waals surface area contributed by atoms with Gasteiger partial charge in [0.15, 0.2) is 0 Å². The zero-order valence-corrected chi connectivity index (χ0v) is 14.7. The van der Waals surface area contributed by atoms with Crippen molar-refractivity contribution in [1.82, 2.24) is 4.90 Å². The number of hydrogen-bond donors (Lipinski definition) is 2. The highest BCUT2D eigenvalue weighted by molar-refractivity contribution is 6.02. The summed E-state index contributed by atoms with van der Waals surface area (Å²) in [6.45, 7) is 5.05. The Morgan fingerprint density at radius 2 is 1.96 bits per heavy atom. The van der Waals surface area contributed by atoms with E-state index in [0.29, 0.717) is 37.2 Å².